The van der Waals surface area contributed by atoms with Crippen molar-refractivity contribution in [2.45, 2.75) is 88.4 Å². The first kappa shape index (κ1) is 17.4. The largest absolute Gasteiger partial charge is 0.349 e. The summed E-state index contributed by atoms with van der Waals surface area (Å²) in [4.78, 5) is 14.5. The first-order chi connectivity index (χ1) is 12.2. The maximum atomic E-state index is 12.6. The molecule has 4 atom stereocenters. The van der Waals surface area contributed by atoms with Gasteiger partial charge in [-0.2, -0.15) is 0 Å². The van der Waals surface area contributed by atoms with Crippen LogP contribution in [0.2, 0.25) is 5.02 Å². The maximum Gasteiger partial charge on any atom is 0.253 e. The number of hydrogen-bond acceptors (Lipinski definition) is 1. The number of hydrogen-bond donors (Lipinski definition) is 2. The molecule has 2 unspecified atom stereocenters. The van der Waals surface area contributed by atoms with Gasteiger partial charge in [-0.1, -0.05) is 30.2 Å². The van der Waals surface area contributed by atoms with E-state index >= 15 is 0 Å². The summed E-state index contributed by atoms with van der Waals surface area (Å²) in [6.45, 7) is 0. The molecule has 2 bridgehead atoms. The third-order valence-corrected chi connectivity index (χ3v) is 7.05. The molecule has 2 heterocycles. The Morgan fingerprint density at radius 1 is 0.920 bits per heavy atom. The number of nitrogens with one attached hydrogen (secondary N) is 2. The van der Waals surface area contributed by atoms with E-state index in [0.29, 0.717) is 16.6 Å². The molecule has 136 valence electrons. The third kappa shape index (κ3) is 3.73. The van der Waals surface area contributed by atoms with E-state index in [9.17, 15) is 4.79 Å². The molecule has 1 aromatic rings. The van der Waals surface area contributed by atoms with Crippen molar-refractivity contribution in [3.05, 3.63) is 34.9 Å². The fourth-order valence-corrected chi connectivity index (χ4v) is 5.92. The highest BCUT2D eigenvalue weighted by atomic mass is 35.5. The second kappa shape index (κ2) is 7.67. The minimum atomic E-state index is -0.00482. The van der Waals surface area contributed by atoms with Gasteiger partial charge < -0.3 is 10.2 Å². The standard InChI is InChI=1S/C21H29ClN2O/c22-20-12-5-4-11-19(20)21(25)23-15-13-17-9-6-10-18(14-15)24(17)16-7-2-1-3-8-16/h4-5,11-12,15-18H,1-3,6-10,13-14H2,(H,23,25)/p+1/t15?,17-,18+. The van der Waals surface area contributed by atoms with Crippen LogP contribution < -0.4 is 10.2 Å². The molecule has 1 aliphatic carbocycles. The summed E-state index contributed by atoms with van der Waals surface area (Å²) in [6.07, 6.45) is 13.4. The Kier molecular flexibility index (Phi) is 5.33. The molecule has 3 nitrogen and oxygen atoms in total. The van der Waals surface area contributed by atoms with E-state index in [1.54, 1.807) is 6.07 Å². The summed E-state index contributed by atoms with van der Waals surface area (Å²) >= 11 is 6.19. The van der Waals surface area contributed by atoms with Crippen LogP contribution in [0, 0.1) is 0 Å². The van der Waals surface area contributed by atoms with Crippen molar-refractivity contribution in [1.82, 2.24) is 5.32 Å². The second-order valence-corrected chi connectivity index (χ2v) is 8.69. The molecule has 0 spiro atoms. The zero-order valence-electron chi connectivity index (χ0n) is 15.0. The summed E-state index contributed by atoms with van der Waals surface area (Å²) in [6, 6.07) is 10.0. The molecule has 4 rings (SSSR count). The van der Waals surface area contributed by atoms with Crippen LogP contribution in [-0.4, -0.2) is 30.1 Å². The van der Waals surface area contributed by atoms with Crippen LogP contribution in [0.25, 0.3) is 0 Å². The van der Waals surface area contributed by atoms with Gasteiger partial charge in [-0.25, -0.2) is 0 Å². The zero-order valence-corrected chi connectivity index (χ0v) is 15.7. The molecule has 2 aliphatic heterocycles. The monoisotopic (exact) mass is 361 g/mol. The fourth-order valence-electron chi connectivity index (χ4n) is 5.70. The minimum Gasteiger partial charge on any atom is -0.349 e. The summed E-state index contributed by atoms with van der Waals surface area (Å²) in [5.74, 6) is -0.00482. The Labute approximate surface area is 156 Å². The van der Waals surface area contributed by atoms with Crippen LogP contribution in [0.1, 0.15) is 74.6 Å². The van der Waals surface area contributed by atoms with E-state index in [2.05, 4.69) is 5.32 Å². The number of fused-ring (bicyclic) bond motifs is 2. The van der Waals surface area contributed by atoms with Crippen LogP contribution >= 0.6 is 11.6 Å². The van der Waals surface area contributed by atoms with Gasteiger partial charge in [-0.05, 0) is 57.1 Å². The Bertz CT molecular complexity index is 600. The van der Waals surface area contributed by atoms with Crippen molar-refractivity contribution < 1.29 is 9.69 Å². The number of benzene rings is 1. The van der Waals surface area contributed by atoms with Crippen LogP contribution in [0.5, 0.6) is 0 Å². The van der Waals surface area contributed by atoms with E-state index in [1.165, 1.54) is 51.4 Å². The quantitative estimate of drug-likeness (QED) is 0.850. The lowest BCUT2D eigenvalue weighted by Crippen LogP contribution is -3.24. The van der Waals surface area contributed by atoms with Crippen molar-refractivity contribution in [2.24, 2.45) is 0 Å². The van der Waals surface area contributed by atoms with Gasteiger partial charge >= 0.3 is 0 Å². The predicted octanol–water partition coefficient (Wildman–Crippen LogP) is 3.37. The molecule has 1 saturated carbocycles. The van der Waals surface area contributed by atoms with E-state index < -0.39 is 0 Å². The predicted molar refractivity (Wildman–Crippen MR) is 101 cm³/mol. The number of carbonyl (C=O) groups excluding carboxylic acids is 1. The first-order valence-electron chi connectivity index (χ1n) is 10.1. The fraction of sp³-hybridized carbons (Fsp3) is 0.667. The number of carbonyl (C=O) groups is 1. The topological polar surface area (TPSA) is 33.5 Å². The molecule has 4 heteroatoms. The van der Waals surface area contributed by atoms with E-state index in [-0.39, 0.29) is 5.91 Å². The molecule has 1 amide bonds. The zero-order chi connectivity index (χ0) is 17.2. The van der Waals surface area contributed by atoms with Crippen molar-refractivity contribution in [3.8, 4) is 0 Å². The number of quaternary nitrogens is 1. The van der Waals surface area contributed by atoms with Crippen LogP contribution in [0.3, 0.4) is 0 Å². The van der Waals surface area contributed by atoms with Gasteiger partial charge in [0.25, 0.3) is 5.91 Å². The molecule has 0 aromatic heterocycles. The second-order valence-electron chi connectivity index (χ2n) is 8.28. The Morgan fingerprint density at radius 2 is 1.56 bits per heavy atom. The third-order valence-electron chi connectivity index (χ3n) is 6.72. The highest BCUT2D eigenvalue weighted by Gasteiger charge is 2.45. The van der Waals surface area contributed by atoms with Gasteiger partial charge in [0.1, 0.15) is 0 Å². The van der Waals surface area contributed by atoms with Gasteiger partial charge in [0, 0.05) is 18.9 Å². The summed E-state index contributed by atoms with van der Waals surface area (Å²) in [5, 5.41) is 3.84. The molecule has 2 N–H and O–H groups in total. The summed E-state index contributed by atoms with van der Waals surface area (Å²) in [7, 11) is 0. The lowest BCUT2D eigenvalue weighted by molar-refractivity contribution is -0.984. The normalized spacial score (nSPS) is 33.0. The SMILES string of the molecule is O=C(NC1C[C@H]2CCC[C@@H](C1)[NH+]2C1CCCCC1)c1ccccc1Cl. The number of piperidine rings is 2. The smallest absolute Gasteiger partial charge is 0.253 e. The number of halogens is 1. The lowest BCUT2D eigenvalue weighted by Gasteiger charge is -2.50. The Balaban J connectivity index is 1.43. The molecule has 1 aromatic carbocycles. The van der Waals surface area contributed by atoms with Crippen LogP contribution in [-0.2, 0) is 0 Å². The van der Waals surface area contributed by atoms with Gasteiger partial charge in [0.15, 0.2) is 0 Å². The van der Waals surface area contributed by atoms with Gasteiger partial charge in [0.2, 0.25) is 0 Å². The molecule has 25 heavy (non-hydrogen) atoms. The van der Waals surface area contributed by atoms with Crippen LogP contribution in [0.15, 0.2) is 24.3 Å². The maximum absolute atomic E-state index is 12.6. The van der Waals surface area contributed by atoms with Crippen molar-refractivity contribution in [2.75, 3.05) is 0 Å². The molecule has 3 fully saturated rings. The van der Waals surface area contributed by atoms with Crippen molar-refractivity contribution in [3.63, 3.8) is 0 Å². The highest BCUT2D eigenvalue weighted by molar-refractivity contribution is 6.33. The number of amides is 1. The van der Waals surface area contributed by atoms with Crippen molar-refractivity contribution >= 4 is 17.5 Å². The summed E-state index contributed by atoms with van der Waals surface area (Å²) < 4.78 is 0. The van der Waals surface area contributed by atoms with Crippen LogP contribution in [0.4, 0.5) is 0 Å². The first-order valence-corrected chi connectivity index (χ1v) is 10.5. The van der Waals surface area contributed by atoms with E-state index in [4.69, 9.17) is 11.6 Å². The average Bonchev–Trinajstić information content (AvgIpc) is 2.62. The average molecular weight is 362 g/mol. The minimum absolute atomic E-state index is 0.00482. The van der Waals surface area contributed by atoms with E-state index in [1.807, 2.05) is 23.1 Å². The molecular formula is C21H30ClN2O+. The Morgan fingerprint density at radius 3 is 2.24 bits per heavy atom. The van der Waals surface area contributed by atoms with Gasteiger partial charge in [0.05, 0.1) is 28.7 Å². The molecule has 3 aliphatic rings. The van der Waals surface area contributed by atoms with E-state index in [0.717, 1.165) is 31.0 Å². The molecule has 0 radical (unpaired) electrons. The van der Waals surface area contributed by atoms with Crippen molar-refractivity contribution in [1.29, 1.82) is 0 Å². The van der Waals surface area contributed by atoms with Gasteiger partial charge in [-0.3, -0.25) is 4.79 Å². The summed E-state index contributed by atoms with van der Waals surface area (Å²) in [5.41, 5.74) is 0.608. The van der Waals surface area contributed by atoms with Gasteiger partial charge in [-0.15, -0.1) is 0 Å². The Hall–Kier alpha value is -1.06. The number of rotatable bonds is 3. The molecule has 2 saturated heterocycles. The highest BCUT2D eigenvalue weighted by Crippen LogP contribution is 2.26. The lowest BCUT2D eigenvalue weighted by atomic mass is 9.78. The molecular weight excluding hydrogens is 332 g/mol.